The van der Waals surface area contributed by atoms with Crippen LogP contribution in [0.15, 0.2) is 18.2 Å². The summed E-state index contributed by atoms with van der Waals surface area (Å²) in [7, 11) is 0. The van der Waals surface area contributed by atoms with Gasteiger partial charge in [-0.25, -0.2) is 0 Å². The van der Waals surface area contributed by atoms with Crippen molar-refractivity contribution in [3.63, 3.8) is 0 Å². The molecule has 0 radical (unpaired) electrons. The molecule has 19 heavy (non-hydrogen) atoms. The number of hydrogen-bond acceptors (Lipinski definition) is 3. The average molecular weight is 293 g/mol. The number of amides is 1. The lowest BCUT2D eigenvalue weighted by Gasteiger charge is -2.16. The maximum Gasteiger partial charge on any atom is 0.387 e. The molecule has 0 unspecified atom stereocenters. The molecule has 0 aliphatic heterocycles. The Labute approximate surface area is 114 Å². The minimum atomic E-state index is -2.95. The molecule has 0 spiro atoms. The van der Waals surface area contributed by atoms with Gasteiger partial charge in [0.25, 0.3) is 0 Å². The molecular formula is C12H15ClF2N2O2. The van der Waals surface area contributed by atoms with Crippen LogP contribution in [-0.2, 0) is 4.79 Å². The number of ether oxygens (including phenoxy) is 1. The van der Waals surface area contributed by atoms with Crippen molar-refractivity contribution in [1.29, 1.82) is 0 Å². The Balaban J connectivity index is 2.76. The summed E-state index contributed by atoms with van der Waals surface area (Å²) in [5.41, 5.74) is 6.04. The van der Waals surface area contributed by atoms with Gasteiger partial charge in [-0.2, -0.15) is 8.78 Å². The van der Waals surface area contributed by atoms with Gasteiger partial charge in [-0.1, -0.05) is 25.4 Å². The zero-order valence-corrected chi connectivity index (χ0v) is 11.2. The fourth-order valence-corrected chi connectivity index (χ4v) is 1.52. The summed E-state index contributed by atoms with van der Waals surface area (Å²) in [6.07, 6.45) is 0. The highest BCUT2D eigenvalue weighted by molar-refractivity contribution is 6.32. The molecule has 0 heterocycles. The largest absolute Gasteiger partial charge is 0.433 e. The summed E-state index contributed by atoms with van der Waals surface area (Å²) in [5, 5.41) is 2.54. The van der Waals surface area contributed by atoms with Crippen LogP contribution in [0.5, 0.6) is 5.75 Å². The van der Waals surface area contributed by atoms with Gasteiger partial charge in [-0.3, -0.25) is 4.79 Å². The van der Waals surface area contributed by atoms with Gasteiger partial charge in [-0.05, 0) is 24.1 Å². The molecule has 0 aliphatic rings. The van der Waals surface area contributed by atoms with Crippen molar-refractivity contribution in [1.82, 2.24) is 0 Å². The van der Waals surface area contributed by atoms with Crippen molar-refractivity contribution in [3.8, 4) is 5.75 Å². The molecule has 0 saturated carbocycles. The van der Waals surface area contributed by atoms with Crippen molar-refractivity contribution < 1.29 is 18.3 Å². The van der Waals surface area contributed by atoms with E-state index in [0.717, 1.165) is 0 Å². The van der Waals surface area contributed by atoms with Gasteiger partial charge in [0, 0.05) is 5.69 Å². The smallest absolute Gasteiger partial charge is 0.387 e. The minimum absolute atomic E-state index is 0.0167. The lowest BCUT2D eigenvalue weighted by atomic mass is 10.0. The minimum Gasteiger partial charge on any atom is -0.433 e. The Hall–Kier alpha value is -1.40. The number of nitrogens with one attached hydrogen (secondary N) is 1. The second-order valence-electron chi connectivity index (χ2n) is 4.28. The van der Waals surface area contributed by atoms with E-state index < -0.39 is 12.7 Å². The van der Waals surface area contributed by atoms with E-state index in [9.17, 15) is 13.6 Å². The van der Waals surface area contributed by atoms with E-state index in [2.05, 4.69) is 10.1 Å². The van der Waals surface area contributed by atoms with Crippen LogP contribution in [0, 0.1) is 5.92 Å². The standard InChI is InChI=1S/C12H15ClF2N2O2/c1-6(2)10(16)11(18)17-7-3-4-9(8(13)5-7)19-12(14)15/h3-6,10,12H,16H2,1-2H3,(H,17,18)/t10-/m0/s1. The molecular weight excluding hydrogens is 278 g/mol. The highest BCUT2D eigenvalue weighted by Gasteiger charge is 2.17. The molecule has 1 atom stereocenters. The molecule has 0 aliphatic carbocycles. The summed E-state index contributed by atoms with van der Waals surface area (Å²) < 4.78 is 28.3. The molecule has 0 saturated heterocycles. The van der Waals surface area contributed by atoms with Gasteiger partial charge in [0.15, 0.2) is 0 Å². The van der Waals surface area contributed by atoms with Gasteiger partial charge in [0.1, 0.15) is 5.75 Å². The summed E-state index contributed by atoms with van der Waals surface area (Å²) in [5.74, 6) is -0.534. The predicted molar refractivity (Wildman–Crippen MR) is 69.5 cm³/mol. The number of rotatable bonds is 5. The summed E-state index contributed by atoms with van der Waals surface area (Å²) in [4.78, 5) is 11.7. The molecule has 0 fully saturated rings. The Morgan fingerprint density at radius 1 is 1.42 bits per heavy atom. The maximum atomic E-state index is 12.0. The number of hydrogen-bond donors (Lipinski definition) is 2. The van der Waals surface area contributed by atoms with E-state index in [0.29, 0.717) is 5.69 Å². The van der Waals surface area contributed by atoms with Crippen molar-refractivity contribution in [2.24, 2.45) is 11.7 Å². The third-order valence-corrected chi connectivity index (χ3v) is 2.73. The normalized spacial score (nSPS) is 12.6. The number of carbonyl (C=O) groups excluding carboxylic acids is 1. The van der Waals surface area contributed by atoms with Crippen LogP contribution in [0.3, 0.4) is 0 Å². The molecule has 1 amide bonds. The van der Waals surface area contributed by atoms with Gasteiger partial charge in [-0.15, -0.1) is 0 Å². The van der Waals surface area contributed by atoms with Crippen LogP contribution in [0.25, 0.3) is 0 Å². The predicted octanol–water partition coefficient (Wildman–Crippen LogP) is 2.86. The highest BCUT2D eigenvalue weighted by atomic mass is 35.5. The van der Waals surface area contributed by atoms with E-state index in [1.54, 1.807) is 0 Å². The number of halogens is 3. The van der Waals surface area contributed by atoms with Gasteiger partial charge < -0.3 is 15.8 Å². The SMILES string of the molecule is CC(C)[C@H](N)C(=O)Nc1ccc(OC(F)F)c(Cl)c1. The van der Waals surface area contributed by atoms with E-state index in [4.69, 9.17) is 17.3 Å². The quantitative estimate of drug-likeness (QED) is 0.877. The Morgan fingerprint density at radius 3 is 2.53 bits per heavy atom. The fourth-order valence-electron chi connectivity index (χ4n) is 1.30. The van der Waals surface area contributed by atoms with E-state index in [1.807, 2.05) is 13.8 Å². The molecule has 1 aromatic carbocycles. The van der Waals surface area contributed by atoms with Gasteiger partial charge >= 0.3 is 6.61 Å². The highest BCUT2D eigenvalue weighted by Crippen LogP contribution is 2.29. The summed E-state index contributed by atoms with van der Waals surface area (Å²) in [6, 6.07) is 3.33. The molecule has 0 aromatic heterocycles. The Kier molecular flexibility index (Phi) is 5.50. The van der Waals surface area contributed by atoms with Crippen molar-refractivity contribution in [2.45, 2.75) is 26.5 Å². The lowest BCUT2D eigenvalue weighted by Crippen LogP contribution is -2.39. The number of benzene rings is 1. The number of nitrogens with two attached hydrogens (primary N) is 1. The topological polar surface area (TPSA) is 64.4 Å². The zero-order valence-electron chi connectivity index (χ0n) is 10.5. The Morgan fingerprint density at radius 2 is 2.05 bits per heavy atom. The first-order valence-corrected chi connectivity index (χ1v) is 6.00. The first kappa shape index (κ1) is 15.7. The molecule has 0 bridgehead atoms. The van der Waals surface area contributed by atoms with Crippen LogP contribution in [0.4, 0.5) is 14.5 Å². The van der Waals surface area contributed by atoms with E-state index in [-0.39, 0.29) is 22.6 Å². The van der Waals surface area contributed by atoms with Crippen LogP contribution in [-0.4, -0.2) is 18.6 Å². The van der Waals surface area contributed by atoms with Crippen LogP contribution >= 0.6 is 11.6 Å². The molecule has 106 valence electrons. The molecule has 1 aromatic rings. The number of carbonyl (C=O) groups is 1. The van der Waals surface area contributed by atoms with Crippen molar-refractivity contribution in [3.05, 3.63) is 23.2 Å². The molecule has 3 N–H and O–H groups in total. The van der Waals surface area contributed by atoms with Crippen LogP contribution in [0.1, 0.15) is 13.8 Å². The molecule has 4 nitrogen and oxygen atoms in total. The maximum absolute atomic E-state index is 12.0. The number of alkyl halides is 2. The average Bonchev–Trinajstić information content (AvgIpc) is 2.31. The zero-order chi connectivity index (χ0) is 14.6. The molecule has 7 heteroatoms. The second kappa shape index (κ2) is 6.68. The second-order valence-corrected chi connectivity index (χ2v) is 4.69. The lowest BCUT2D eigenvalue weighted by molar-refractivity contribution is -0.118. The Bertz CT molecular complexity index is 455. The number of anilines is 1. The third kappa shape index (κ3) is 4.65. The first-order valence-electron chi connectivity index (χ1n) is 5.62. The van der Waals surface area contributed by atoms with Crippen LogP contribution < -0.4 is 15.8 Å². The monoisotopic (exact) mass is 292 g/mol. The first-order chi connectivity index (χ1) is 8.81. The summed E-state index contributed by atoms with van der Waals surface area (Å²) in [6.45, 7) is 0.681. The van der Waals surface area contributed by atoms with E-state index in [1.165, 1.54) is 18.2 Å². The summed E-state index contributed by atoms with van der Waals surface area (Å²) >= 11 is 5.76. The van der Waals surface area contributed by atoms with Crippen molar-refractivity contribution >= 4 is 23.2 Å². The van der Waals surface area contributed by atoms with Crippen molar-refractivity contribution in [2.75, 3.05) is 5.32 Å². The van der Waals surface area contributed by atoms with Gasteiger partial charge in [0.2, 0.25) is 5.91 Å². The van der Waals surface area contributed by atoms with E-state index >= 15 is 0 Å². The fraction of sp³-hybridized carbons (Fsp3) is 0.417. The molecule has 1 rings (SSSR count). The van der Waals surface area contributed by atoms with Crippen LogP contribution in [0.2, 0.25) is 5.02 Å². The third-order valence-electron chi connectivity index (χ3n) is 2.44. The van der Waals surface area contributed by atoms with Gasteiger partial charge in [0.05, 0.1) is 11.1 Å².